The molecule has 2 aliphatic carbocycles. The Kier molecular flexibility index (Phi) is 18.4. The molecule has 7 N–H and O–H groups in total. The molecule has 14 nitrogen and oxygen atoms in total. The summed E-state index contributed by atoms with van der Waals surface area (Å²) >= 11 is 14.9. The molecule has 4 saturated heterocycles. The number of hydrogen-bond acceptors (Lipinski definition) is 13. The van der Waals surface area contributed by atoms with E-state index in [9.17, 15) is 19.5 Å². The first kappa shape index (κ1) is 55.3. The molecular formula is C54H80N8O6S4. The van der Waals surface area contributed by atoms with Crippen LogP contribution < -0.4 is 31.9 Å². The van der Waals surface area contributed by atoms with Crippen LogP contribution in [-0.2, 0) is 36.7 Å². The highest BCUT2D eigenvalue weighted by Crippen LogP contribution is 2.49. The Morgan fingerprint density at radius 2 is 1.19 bits per heavy atom. The number of carbonyl (C=O) groups is 3. The Morgan fingerprint density at radius 3 is 1.76 bits per heavy atom. The number of unbranched alkanes of at least 4 members (excludes halogenated alkanes) is 3. The van der Waals surface area contributed by atoms with E-state index in [0.717, 1.165) is 74.0 Å². The van der Waals surface area contributed by atoms with Crippen LogP contribution in [0, 0.1) is 10.8 Å². The maximum Gasteiger partial charge on any atom is 0.246 e. The fourth-order valence-electron chi connectivity index (χ4n) is 12.0. The van der Waals surface area contributed by atoms with Crippen LogP contribution >= 0.6 is 48.0 Å². The highest BCUT2D eigenvalue weighted by atomic mass is 32.2. The van der Waals surface area contributed by atoms with Crippen LogP contribution in [0.15, 0.2) is 48.5 Å². The lowest BCUT2D eigenvalue weighted by molar-refractivity contribution is -0.143. The van der Waals surface area contributed by atoms with Crippen LogP contribution in [0.25, 0.3) is 0 Å². The lowest BCUT2D eigenvalue weighted by Gasteiger charge is -2.39. The van der Waals surface area contributed by atoms with Crippen LogP contribution in [0.3, 0.4) is 0 Å². The van der Waals surface area contributed by atoms with E-state index < -0.39 is 29.8 Å². The Hall–Kier alpha value is -2.91. The third-order valence-corrected chi connectivity index (χ3v) is 19.7. The lowest BCUT2D eigenvalue weighted by Crippen LogP contribution is -2.60. The summed E-state index contributed by atoms with van der Waals surface area (Å²) in [5, 5.41) is 31.9. The normalized spacial score (nSPS) is 31.3. The predicted octanol–water partition coefficient (Wildman–Crippen LogP) is 5.90. The van der Waals surface area contributed by atoms with Crippen molar-refractivity contribution in [3.63, 3.8) is 0 Å². The van der Waals surface area contributed by atoms with Gasteiger partial charge in [-0.1, -0.05) is 114 Å². The largest absolute Gasteiger partial charge is 0.376 e. The summed E-state index contributed by atoms with van der Waals surface area (Å²) in [6.45, 7) is 13.6. The van der Waals surface area contributed by atoms with Gasteiger partial charge in [0.05, 0.1) is 69.2 Å². The van der Waals surface area contributed by atoms with Gasteiger partial charge in [0, 0.05) is 26.1 Å². The molecule has 3 amide bonds. The first-order valence-electron chi connectivity index (χ1n) is 26.4. The second-order valence-electron chi connectivity index (χ2n) is 22.2. The van der Waals surface area contributed by atoms with Gasteiger partial charge in [0.2, 0.25) is 17.7 Å². The van der Waals surface area contributed by atoms with Crippen molar-refractivity contribution >= 4 is 75.7 Å². The van der Waals surface area contributed by atoms with Crippen LogP contribution in [0.5, 0.6) is 0 Å². The van der Waals surface area contributed by atoms with Gasteiger partial charge in [-0.05, 0) is 111 Å². The van der Waals surface area contributed by atoms with E-state index in [0.29, 0.717) is 36.0 Å². The third kappa shape index (κ3) is 12.0. The van der Waals surface area contributed by atoms with Gasteiger partial charge in [0.1, 0.15) is 18.3 Å². The summed E-state index contributed by atoms with van der Waals surface area (Å²) in [6.07, 6.45) is 6.72. The fourth-order valence-corrected chi connectivity index (χ4v) is 15.7. The Bertz CT molecular complexity index is 2270. The number of ether oxygens (including phenoxy) is 2. The molecule has 0 bridgehead atoms. The number of aliphatic hydroxyl groups excluding tert-OH is 1. The number of nitrogens with one attached hydrogen (secondary N) is 6. The molecule has 0 saturated carbocycles. The van der Waals surface area contributed by atoms with Gasteiger partial charge in [-0.25, -0.2) is 0 Å². The van der Waals surface area contributed by atoms with E-state index in [1.807, 2.05) is 73.8 Å². The Balaban J connectivity index is 0.835. The minimum absolute atomic E-state index is 0.0159. The van der Waals surface area contributed by atoms with E-state index in [1.54, 1.807) is 11.8 Å². The Labute approximate surface area is 447 Å². The molecule has 0 aromatic heterocycles. The number of likely N-dealkylation sites (N-methyl/N-ethyl adjacent to an activating group) is 2. The molecular weight excluding hydrogens is 985 g/mol. The smallest absolute Gasteiger partial charge is 0.246 e. The molecule has 2 aromatic carbocycles. The molecule has 8 rings (SSSR count). The number of aliphatic hydroxyl groups is 1. The zero-order chi connectivity index (χ0) is 51.5. The molecule has 0 spiro atoms. The average Bonchev–Trinajstić information content (AvgIpc) is 3.99. The SMILES string of the molecule is CN[C@@H](C)C(=S)N[C@H]1CCS[C@H]2CC(C)(C)[C@@H](C(=O)N[C@H]3c4ccccc4C[C@H]3OCCCCCCO[C@@H]3Cc4ccccc4C3NC(=O)[C@H]3N4C(O)[C@@H](NC(=S)[C@H](C)NC)CCS[C@H]4CC3(C)C)N2C1=O. The number of thiocarbonyl (C=S) groups is 2. The zero-order valence-electron chi connectivity index (χ0n) is 43.5. The van der Waals surface area contributed by atoms with Crippen molar-refractivity contribution in [1.29, 1.82) is 0 Å². The second-order valence-corrected chi connectivity index (χ2v) is 25.7. The zero-order valence-corrected chi connectivity index (χ0v) is 46.8. The summed E-state index contributed by atoms with van der Waals surface area (Å²) in [7, 11) is 3.72. The molecule has 6 aliphatic rings. The monoisotopic (exact) mass is 1060 g/mol. The van der Waals surface area contributed by atoms with Crippen molar-refractivity contribution < 1.29 is 29.0 Å². The minimum Gasteiger partial charge on any atom is -0.376 e. The molecule has 0 radical (unpaired) electrons. The number of thioether (sulfide) groups is 2. The van der Waals surface area contributed by atoms with Gasteiger partial charge in [0.15, 0.2) is 0 Å². The molecule has 2 unspecified atom stereocenters. The summed E-state index contributed by atoms with van der Waals surface area (Å²) in [5.41, 5.74) is 3.72. The van der Waals surface area contributed by atoms with Crippen molar-refractivity contribution in [2.75, 3.05) is 38.8 Å². The molecule has 4 fully saturated rings. The van der Waals surface area contributed by atoms with Gasteiger partial charge in [-0.15, -0.1) is 23.5 Å². The molecule has 13 atom stereocenters. The molecule has 396 valence electrons. The predicted molar refractivity (Wildman–Crippen MR) is 297 cm³/mol. The van der Waals surface area contributed by atoms with E-state index in [4.69, 9.17) is 33.9 Å². The minimum atomic E-state index is -0.876. The van der Waals surface area contributed by atoms with E-state index in [1.165, 1.54) is 11.1 Å². The second kappa shape index (κ2) is 24.0. The number of nitrogens with zero attached hydrogens (tertiary/aromatic N) is 2. The topological polar surface area (TPSA) is 169 Å². The lowest BCUT2D eigenvalue weighted by atomic mass is 9.83. The standard InChI is InChI=1S/C54H80N8O6S4/c1-31(55-7)49(69)57-37-21-25-71-41-29-53(3,4)45(61(41)51(37)65)47(63)59-43-35-19-13-11-17-33(35)27-39(43)67-23-15-9-10-16-24-68-40-28-34-18-12-14-20-36(34)44(40)60-48(64)46-54(5,6)30-42-62(46)52(66)38(22-26-72-42)58-50(70)32(2)56-8/h11-14,17-20,31-32,37-46,51,55-56,65H,9-10,15-16,21-30H2,1-8H3,(H,57,69)(H,58,70)(H,59,63)(H,60,64)/t31-,32-,37-,38-,39+,40+,41-,42-,43?,44-,45+,46+,51?/m0/s1. The number of amides is 3. The molecule has 72 heavy (non-hydrogen) atoms. The highest BCUT2D eigenvalue weighted by molar-refractivity contribution is 8.00. The van der Waals surface area contributed by atoms with Gasteiger partial charge in [-0.3, -0.25) is 19.3 Å². The van der Waals surface area contributed by atoms with E-state index >= 15 is 0 Å². The van der Waals surface area contributed by atoms with Crippen LogP contribution in [0.2, 0.25) is 0 Å². The number of carbonyl (C=O) groups excluding carboxylic acids is 3. The maximum absolute atomic E-state index is 14.7. The maximum atomic E-state index is 14.7. The number of hydrogen-bond donors (Lipinski definition) is 7. The summed E-state index contributed by atoms with van der Waals surface area (Å²) in [6, 6.07) is 13.9. The molecule has 4 aliphatic heterocycles. The number of rotatable bonds is 19. The molecule has 2 aromatic rings. The summed E-state index contributed by atoms with van der Waals surface area (Å²) < 4.78 is 13.3. The molecule has 4 heterocycles. The Morgan fingerprint density at radius 1 is 0.708 bits per heavy atom. The van der Waals surface area contributed by atoms with E-state index in [-0.39, 0.29) is 76.3 Å². The number of benzene rings is 2. The highest BCUT2D eigenvalue weighted by Gasteiger charge is 2.57. The summed E-state index contributed by atoms with van der Waals surface area (Å²) in [4.78, 5) is 48.8. The van der Waals surface area contributed by atoms with Gasteiger partial charge in [0.25, 0.3) is 0 Å². The summed E-state index contributed by atoms with van der Waals surface area (Å²) in [5.74, 6) is 1.38. The third-order valence-electron chi connectivity index (χ3n) is 16.2. The molecule has 18 heteroatoms. The average molecular weight is 1070 g/mol. The van der Waals surface area contributed by atoms with Crippen molar-refractivity contribution in [3.8, 4) is 0 Å². The fraction of sp³-hybridized carbons (Fsp3) is 0.685. The first-order chi connectivity index (χ1) is 34.4. The van der Waals surface area contributed by atoms with Gasteiger partial charge < -0.3 is 51.4 Å². The van der Waals surface area contributed by atoms with E-state index in [2.05, 4.69) is 83.9 Å². The first-order valence-corrected chi connectivity index (χ1v) is 29.3. The quantitative estimate of drug-likeness (QED) is 0.0656. The van der Waals surface area contributed by atoms with Crippen molar-refractivity contribution in [3.05, 3.63) is 70.8 Å². The number of fused-ring (bicyclic) bond motifs is 4. The van der Waals surface area contributed by atoms with Crippen molar-refractivity contribution in [2.45, 2.75) is 183 Å². The van der Waals surface area contributed by atoms with Gasteiger partial charge in [-0.2, -0.15) is 0 Å². The van der Waals surface area contributed by atoms with Gasteiger partial charge >= 0.3 is 0 Å². The van der Waals surface area contributed by atoms with Crippen LogP contribution in [-0.4, -0.2) is 147 Å². The van der Waals surface area contributed by atoms with Crippen molar-refractivity contribution in [2.24, 2.45) is 10.8 Å². The van der Waals surface area contributed by atoms with Crippen LogP contribution in [0.4, 0.5) is 0 Å². The van der Waals surface area contributed by atoms with Crippen molar-refractivity contribution in [1.82, 2.24) is 41.7 Å². The van der Waals surface area contributed by atoms with Crippen LogP contribution in [0.1, 0.15) is 127 Å².